The third kappa shape index (κ3) is 5.17. The number of para-hydroxylation sites is 1. The minimum absolute atomic E-state index is 0.172. The highest BCUT2D eigenvalue weighted by Gasteiger charge is 2.56. The molecule has 0 atom stereocenters. The number of rotatable bonds is 5. The summed E-state index contributed by atoms with van der Waals surface area (Å²) in [6.07, 6.45) is 0. The predicted molar refractivity (Wildman–Crippen MR) is 282 cm³/mol. The lowest BCUT2D eigenvalue weighted by molar-refractivity contribution is 0.428. The van der Waals surface area contributed by atoms with E-state index < -0.39 is 10.8 Å². The van der Waals surface area contributed by atoms with Gasteiger partial charge in [0.1, 0.15) is 11.5 Å². The van der Waals surface area contributed by atoms with Crippen molar-refractivity contribution in [3.63, 3.8) is 0 Å². The lowest BCUT2D eigenvalue weighted by Gasteiger charge is -2.52. The maximum absolute atomic E-state index is 7.12. The molecule has 0 saturated heterocycles. The van der Waals surface area contributed by atoms with Crippen LogP contribution in [0.1, 0.15) is 69.5 Å². The van der Waals surface area contributed by atoms with E-state index in [4.69, 9.17) is 4.74 Å². The van der Waals surface area contributed by atoms with Gasteiger partial charge in [0.25, 0.3) is 0 Å². The van der Waals surface area contributed by atoms with Crippen LogP contribution in [0.15, 0.2) is 237 Å². The Morgan fingerprint density at radius 1 is 0.368 bits per heavy atom. The van der Waals surface area contributed by atoms with Crippen LogP contribution in [0, 0.1) is 0 Å². The molecular weight excluding hydrogens is 843 g/mol. The topological polar surface area (TPSA) is 12.5 Å². The summed E-state index contributed by atoms with van der Waals surface area (Å²) in [5, 5.41) is 2.55. The van der Waals surface area contributed by atoms with Crippen molar-refractivity contribution in [1.29, 1.82) is 0 Å². The summed E-state index contributed by atoms with van der Waals surface area (Å²) in [6, 6.07) is 88.1. The van der Waals surface area contributed by atoms with Gasteiger partial charge in [0.2, 0.25) is 0 Å². The quantitative estimate of drug-likeness (QED) is 0.171. The van der Waals surface area contributed by atoms with Crippen molar-refractivity contribution in [3.05, 3.63) is 292 Å². The number of fused-ring (bicyclic) bond motifs is 14. The molecule has 2 nitrogen and oxygen atoms in total. The molecule has 10 aromatic carbocycles. The number of hydrogen-bond acceptors (Lipinski definition) is 3. The number of ether oxygens (including phenoxy) is 1. The number of benzene rings is 10. The Kier molecular flexibility index (Phi) is 8.37. The largest absolute Gasteiger partial charge is 0.457 e. The number of thiophene rings is 1. The lowest BCUT2D eigenvalue weighted by Crippen LogP contribution is -2.46. The zero-order valence-corrected chi connectivity index (χ0v) is 38.6. The molecule has 2 heterocycles. The first-order chi connectivity index (χ1) is 33.5. The van der Waals surface area contributed by atoms with Crippen molar-refractivity contribution in [1.82, 2.24) is 0 Å². The average Bonchev–Trinajstić information content (AvgIpc) is 3.89. The SMILES string of the molecule is CC1(C)c2ccccc2-c2ccc(N(c3ccc4c(c3)C3(c5ccccc5O4)c4ccccc4C(c4ccccc4)(c4ccccc4)c4ccccc43)c3cccc4c3sc3ccccc34)cc21. The van der Waals surface area contributed by atoms with E-state index in [0.717, 1.165) is 39.7 Å². The minimum Gasteiger partial charge on any atom is -0.457 e. The second kappa shape index (κ2) is 14.5. The molecule has 14 rings (SSSR count). The molecule has 1 aromatic heterocycles. The summed E-state index contributed by atoms with van der Waals surface area (Å²) in [4.78, 5) is 2.52. The first-order valence-corrected chi connectivity index (χ1v) is 24.5. The van der Waals surface area contributed by atoms with Crippen molar-refractivity contribution in [2.45, 2.75) is 30.1 Å². The normalized spacial score (nSPS) is 15.1. The first-order valence-electron chi connectivity index (χ1n) is 23.7. The predicted octanol–water partition coefficient (Wildman–Crippen LogP) is 17.0. The Morgan fingerprint density at radius 3 is 1.56 bits per heavy atom. The average molecular weight is 888 g/mol. The third-order valence-corrected chi connectivity index (χ3v) is 16.7. The molecule has 3 heteroatoms. The van der Waals surface area contributed by atoms with Crippen LogP contribution in [-0.2, 0) is 16.2 Å². The maximum atomic E-state index is 7.12. The van der Waals surface area contributed by atoms with E-state index in [9.17, 15) is 0 Å². The van der Waals surface area contributed by atoms with Crippen LogP contribution in [-0.4, -0.2) is 0 Å². The smallest absolute Gasteiger partial charge is 0.132 e. The molecule has 2 aliphatic carbocycles. The monoisotopic (exact) mass is 887 g/mol. The highest BCUT2D eigenvalue weighted by atomic mass is 32.1. The van der Waals surface area contributed by atoms with Gasteiger partial charge in [-0.15, -0.1) is 11.3 Å². The van der Waals surface area contributed by atoms with Crippen molar-refractivity contribution in [2.75, 3.05) is 4.90 Å². The summed E-state index contributed by atoms with van der Waals surface area (Å²) in [6.45, 7) is 4.75. The van der Waals surface area contributed by atoms with Crippen molar-refractivity contribution >= 4 is 48.6 Å². The standard InChI is InChI=1S/C65H45NOS/c1-63(2)50-27-11-9-24-46(50)47-38-36-44(40-56(47)63)66(58-33-19-26-49-48-25-10-18-35-61(48)68-62(49)58)45-37-39-60-57(41-45)65(55-32-16-17-34-59(55)67-60)53-30-14-12-28-51(53)64(42-20-5-3-6-21-42,43-22-7-4-8-23-43)52-29-13-15-31-54(52)65/h3-41H,1-2H3. The van der Waals surface area contributed by atoms with Crippen LogP contribution in [0.2, 0.25) is 0 Å². The summed E-state index contributed by atoms with van der Waals surface area (Å²) < 4.78 is 9.66. The first kappa shape index (κ1) is 39.2. The van der Waals surface area contributed by atoms with Crippen LogP contribution in [0.5, 0.6) is 11.5 Å². The molecule has 0 radical (unpaired) electrons. The molecule has 11 aromatic rings. The summed E-state index contributed by atoms with van der Waals surface area (Å²) in [5.41, 5.74) is 16.9. The van der Waals surface area contributed by atoms with Gasteiger partial charge in [-0.1, -0.05) is 202 Å². The van der Waals surface area contributed by atoms with E-state index in [2.05, 4.69) is 255 Å². The zero-order chi connectivity index (χ0) is 45.2. The molecule has 3 aliphatic rings. The van der Waals surface area contributed by atoms with Crippen molar-refractivity contribution in [2.24, 2.45) is 0 Å². The van der Waals surface area contributed by atoms with Gasteiger partial charge in [-0.3, -0.25) is 0 Å². The van der Waals surface area contributed by atoms with Gasteiger partial charge in [-0.25, -0.2) is 0 Å². The lowest BCUT2D eigenvalue weighted by atomic mass is 9.50. The minimum atomic E-state index is -0.753. The van der Waals surface area contributed by atoms with Gasteiger partial charge in [-0.05, 0) is 104 Å². The van der Waals surface area contributed by atoms with Gasteiger partial charge >= 0.3 is 0 Å². The Balaban J connectivity index is 1.08. The van der Waals surface area contributed by atoms with Gasteiger partial charge in [0, 0.05) is 43.4 Å². The highest BCUT2D eigenvalue weighted by molar-refractivity contribution is 7.26. The number of anilines is 3. The molecule has 0 unspecified atom stereocenters. The Labute approximate surface area is 401 Å². The Bertz CT molecular complexity index is 3740. The summed E-state index contributed by atoms with van der Waals surface area (Å²) in [7, 11) is 0. The fourth-order valence-electron chi connectivity index (χ4n) is 12.6. The summed E-state index contributed by atoms with van der Waals surface area (Å²) >= 11 is 1.87. The molecule has 322 valence electrons. The van der Waals surface area contributed by atoms with E-state index in [1.807, 2.05) is 11.3 Å². The van der Waals surface area contributed by atoms with Crippen LogP contribution >= 0.6 is 11.3 Å². The van der Waals surface area contributed by atoms with E-state index in [1.54, 1.807) is 0 Å². The maximum Gasteiger partial charge on any atom is 0.132 e. The van der Waals surface area contributed by atoms with Gasteiger partial charge < -0.3 is 9.64 Å². The fraction of sp³-hybridized carbons (Fsp3) is 0.0769. The molecule has 0 amide bonds. The molecule has 0 bridgehead atoms. The Hall–Kier alpha value is -7.98. The van der Waals surface area contributed by atoms with Crippen LogP contribution < -0.4 is 9.64 Å². The van der Waals surface area contributed by atoms with E-state index >= 15 is 0 Å². The van der Waals surface area contributed by atoms with Crippen LogP contribution in [0.3, 0.4) is 0 Å². The fourth-order valence-corrected chi connectivity index (χ4v) is 13.9. The molecule has 1 aliphatic heterocycles. The van der Waals surface area contributed by atoms with Gasteiger partial charge in [-0.2, -0.15) is 0 Å². The molecular formula is C65H45NOS. The second-order valence-electron chi connectivity index (χ2n) is 19.1. The van der Waals surface area contributed by atoms with E-state index in [1.165, 1.54) is 75.8 Å². The van der Waals surface area contributed by atoms with Crippen molar-refractivity contribution < 1.29 is 4.74 Å². The molecule has 0 saturated carbocycles. The van der Waals surface area contributed by atoms with Gasteiger partial charge in [0.05, 0.1) is 21.2 Å². The molecule has 1 spiro atoms. The van der Waals surface area contributed by atoms with E-state index in [0.29, 0.717) is 0 Å². The van der Waals surface area contributed by atoms with Crippen LogP contribution in [0.4, 0.5) is 17.1 Å². The Morgan fingerprint density at radius 2 is 0.868 bits per heavy atom. The number of hydrogen-bond donors (Lipinski definition) is 0. The van der Waals surface area contributed by atoms with Crippen molar-refractivity contribution in [3.8, 4) is 22.6 Å². The molecule has 68 heavy (non-hydrogen) atoms. The second-order valence-corrected chi connectivity index (χ2v) is 20.1. The number of nitrogens with zero attached hydrogens (tertiary/aromatic N) is 1. The van der Waals surface area contributed by atoms with Gasteiger partial charge in [0.15, 0.2) is 0 Å². The van der Waals surface area contributed by atoms with Crippen LogP contribution in [0.25, 0.3) is 31.3 Å². The summed E-state index contributed by atoms with van der Waals surface area (Å²) in [5.74, 6) is 1.73. The molecule has 0 fully saturated rings. The zero-order valence-electron chi connectivity index (χ0n) is 37.8. The third-order valence-electron chi connectivity index (χ3n) is 15.5. The van der Waals surface area contributed by atoms with E-state index in [-0.39, 0.29) is 5.41 Å². The molecule has 0 N–H and O–H groups in total. The highest BCUT2D eigenvalue weighted by Crippen LogP contribution is 2.65.